The molecule has 0 radical (unpaired) electrons. The molecule has 1 heterocycles. The van der Waals surface area contributed by atoms with Gasteiger partial charge in [-0.1, -0.05) is 0 Å². The van der Waals surface area contributed by atoms with Crippen molar-refractivity contribution >= 4 is 17.2 Å². The molecule has 1 aromatic carbocycles. The number of aromatic nitrogens is 1. The van der Waals surface area contributed by atoms with Crippen LogP contribution in [0.5, 0.6) is 0 Å². The SMILES string of the molecule is O=[N+]([O-])c1ccc(Nc2ccc(C(F)(F)F)cc2)nc1. The molecule has 0 bridgehead atoms. The van der Waals surface area contributed by atoms with E-state index in [1.54, 1.807) is 0 Å². The van der Waals surface area contributed by atoms with Gasteiger partial charge < -0.3 is 5.32 Å². The monoisotopic (exact) mass is 283 g/mol. The zero-order chi connectivity index (χ0) is 14.8. The van der Waals surface area contributed by atoms with Crippen LogP contribution in [0.25, 0.3) is 0 Å². The summed E-state index contributed by atoms with van der Waals surface area (Å²) in [6.07, 6.45) is -3.32. The minimum Gasteiger partial charge on any atom is -0.340 e. The van der Waals surface area contributed by atoms with E-state index in [2.05, 4.69) is 10.3 Å². The molecule has 0 unspecified atom stereocenters. The van der Waals surface area contributed by atoms with Crippen molar-refractivity contribution in [2.24, 2.45) is 0 Å². The van der Waals surface area contributed by atoms with Crippen molar-refractivity contribution in [1.82, 2.24) is 4.98 Å². The molecule has 1 N–H and O–H groups in total. The number of alkyl halides is 3. The van der Waals surface area contributed by atoms with Crippen molar-refractivity contribution in [3.63, 3.8) is 0 Å². The molecule has 2 aromatic rings. The molecule has 104 valence electrons. The van der Waals surface area contributed by atoms with Crippen LogP contribution in [0.3, 0.4) is 0 Å². The van der Waals surface area contributed by atoms with E-state index in [-0.39, 0.29) is 5.69 Å². The highest BCUT2D eigenvalue weighted by Crippen LogP contribution is 2.30. The quantitative estimate of drug-likeness (QED) is 0.688. The Kier molecular flexibility index (Phi) is 3.55. The van der Waals surface area contributed by atoms with Crippen molar-refractivity contribution in [2.45, 2.75) is 6.18 Å². The van der Waals surface area contributed by atoms with Crippen LogP contribution in [0.2, 0.25) is 0 Å². The Balaban J connectivity index is 2.12. The van der Waals surface area contributed by atoms with Crippen molar-refractivity contribution in [2.75, 3.05) is 5.32 Å². The van der Waals surface area contributed by atoms with E-state index in [0.717, 1.165) is 18.3 Å². The Bertz CT molecular complexity index is 609. The number of benzene rings is 1. The van der Waals surface area contributed by atoms with E-state index in [1.807, 2.05) is 0 Å². The Morgan fingerprint density at radius 1 is 1.10 bits per heavy atom. The zero-order valence-electron chi connectivity index (χ0n) is 9.89. The van der Waals surface area contributed by atoms with Gasteiger partial charge in [-0.2, -0.15) is 13.2 Å². The molecule has 5 nitrogen and oxygen atoms in total. The second-order valence-electron chi connectivity index (χ2n) is 3.86. The molecule has 0 aliphatic rings. The smallest absolute Gasteiger partial charge is 0.340 e. The maximum Gasteiger partial charge on any atom is 0.416 e. The van der Waals surface area contributed by atoms with Crippen LogP contribution in [0, 0.1) is 10.1 Å². The Hall–Kier alpha value is -2.64. The second kappa shape index (κ2) is 5.16. The fourth-order valence-corrected chi connectivity index (χ4v) is 1.46. The fourth-order valence-electron chi connectivity index (χ4n) is 1.46. The first-order chi connectivity index (χ1) is 9.36. The van der Waals surface area contributed by atoms with E-state index >= 15 is 0 Å². The summed E-state index contributed by atoms with van der Waals surface area (Å²) in [4.78, 5) is 13.6. The van der Waals surface area contributed by atoms with E-state index in [9.17, 15) is 23.3 Å². The second-order valence-corrected chi connectivity index (χ2v) is 3.86. The number of nitrogens with zero attached hydrogens (tertiary/aromatic N) is 2. The van der Waals surface area contributed by atoms with E-state index < -0.39 is 16.7 Å². The van der Waals surface area contributed by atoms with E-state index in [0.29, 0.717) is 11.5 Å². The lowest BCUT2D eigenvalue weighted by molar-refractivity contribution is -0.385. The largest absolute Gasteiger partial charge is 0.416 e. The highest BCUT2D eigenvalue weighted by molar-refractivity contribution is 5.57. The van der Waals surface area contributed by atoms with Crippen LogP contribution >= 0.6 is 0 Å². The average molecular weight is 283 g/mol. The summed E-state index contributed by atoms with van der Waals surface area (Å²) in [7, 11) is 0. The van der Waals surface area contributed by atoms with Crippen LogP contribution in [-0.4, -0.2) is 9.91 Å². The van der Waals surface area contributed by atoms with E-state index in [4.69, 9.17) is 0 Å². The molecule has 8 heteroatoms. The number of nitrogens with one attached hydrogen (secondary N) is 1. The van der Waals surface area contributed by atoms with Gasteiger partial charge in [-0.3, -0.25) is 10.1 Å². The summed E-state index contributed by atoms with van der Waals surface area (Å²) in [5.74, 6) is 0.301. The number of hydrogen-bond donors (Lipinski definition) is 1. The van der Waals surface area contributed by atoms with Gasteiger partial charge in [0.25, 0.3) is 5.69 Å². The topological polar surface area (TPSA) is 68.1 Å². The number of hydrogen-bond acceptors (Lipinski definition) is 4. The third kappa shape index (κ3) is 3.22. The molecular weight excluding hydrogens is 275 g/mol. The van der Waals surface area contributed by atoms with Crippen molar-refractivity contribution in [3.05, 3.63) is 58.3 Å². The molecule has 0 fully saturated rings. The van der Waals surface area contributed by atoms with Crippen molar-refractivity contribution < 1.29 is 18.1 Å². The lowest BCUT2D eigenvalue weighted by Crippen LogP contribution is -2.04. The third-order valence-corrected chi connectivity index (χ3v) is 2.44. The third-order valence-electron chi connectivity index (χ3n) is 2.44. The molecule has 0 aliphatic carbocycles. The standard InChI is InChI=1S/C12H8F3N3O2/c13-12(14,15)8-1-3-9(4-2-8)17-11-6-5-10(7-16-11)18(19)20/h1-7H,(H,16,17). The molecule has 0 aliphatic heterocycles. The highest BCUT2D eigenvalue weighted by Gasteiger charge is 2.29. The van der Waals surface area contributed by atoms with Gasteiger partial charge in [0.1, 0.15) is 12.0 Å². The Morgan fingerprint density at radius 3 is 2.20 bits per heavy atom. The Labute approximate surface area is 111 Å². The number of halogens is 3. The summed E-state index contributed by atoms with van der Waals surface area (Å²) in [5.41, 5.74) is -0.512. The molecule has 2 rings (SSSR count). The first-order valence-corrected chi connectivity index (χ1v) is 5.41. The van der Waals surface area contributed by atoms with E-state index in [1.165, 1.54) is 24.3 Å². The summed E-state index contributed by atoms with van der Waals surface area (Å²) in [5, 5.41) is 13.2. The van der Waals surface area contributed by atoms with Crippen molar-refractivity contribution in [1.29, 1.82) is 0 Å². The summed E-state index contributed by atoms with van der Waals surface area (Å²) in [6, 6.07) is 7.01. The van der Waals surface area contributed by atoms with Gasteiger partial charge in [-0.25, -0.2) is 4.98 Å². The molecule has 0 saturated heterocycles. The summed E-state index contributed by atoms with van der Waals surface area (Å²) in [6.45, 7) is 0. The predicted octanol–water partition coefficient (Wildman–Crippen LogP) is 3.75. The van der Waals surface area contributed by atoms with Crippen LogP contribution in [-0.2, 0) is 6.18 Å². The number of nitro groups is 1. The molecule has 0 atom stereocenters. The van der Waals surface area contributed by atoms with Crippen LogP contribution in [0.4, 0.5) is 30.4 Å². The summed E-state index contributed by atoms with van der Waals surface area (Å²) < 4.78 is 37.1. The number of anilines is 2. The zero-order valence-corrected chi connectivity index (χ0v) is 9.89. The van der Waals surface area contributed by atoms with Gasteiger partial charge in [0.05, 0.1) is 10.5 Å². The van der Waals surface area contributed by atoms with Gasteiger partial charge in [-0.15, -0.1) is 0 Å². The van der Waals surface area contributed by atoms with Crippen LogP contribution in [0.1, 0.15) is 5.56 Å². The molecule has 1 aromatic heterocycles. The van der Waals surface area contributed by atoms with Gasteiger partial charge in [0.15, 0.2) is 0 Å². The molecule has 0 spiro atoms. The number of pyridine rings is 1. The first kappa shape index (κ1) is 13.8. The lowest BCUT2D eigenvalue weighted by Gasteiger charge is -2.08. The van der Waals surface area contributed by atoms with Gasteiger partial charge >= 0.3 is 6.18 Å². The lowest BCUT2D eigenvalue weighted by atomic mass is 10.2. The normalized spacial score (nSPS) is 11.2. The maximum atomic E-state index is 12.4. The maximum absolute atomic E-state index is 12.4. The summed E-state index contributed by atoms with van der Waals surface area (Å²) >= 11 is 0. The van der Waals surface area contributed by atoms with Gasteiger partial charge in [0, 0.05) is 11.8 Å². The average Bonchev–Trinajstić information content (AvgIpc) is 2.39. The first-order valence-electron chi connectivity index (χ1n) is 5.41. The predicted molar refractivity (Wildman–Crippen MR) is 65.6 cm³/mol. The molecule has 0 amide bonds. The highest BCUT2D eigenvalue weighted by atomic mass is 19.4. The van der Waals surface area contributed by atoms with Crippen LogP contribution < -0.4 is 5.32 Å². The molecule has 0 saturated carbocycles. The minimum absolute atomic E-state index is 0.164. The van der Waals surface area contributed by atoms with Gasteiger partial charge in [0.2, 0.25) is 0 Å². The number of rotatable bonds is 3. The Morgan fingerprint density at radius 2 is 1.75 bits per heavy atom. The van der Waals surface area contributed by atoms with Crippen molar-refractivity contribution in [3.8, 4) is 0 Å². The molecular formula is C12H8F3N3O2. The van der Waals surface area contributed by atoms with Crippen LogP contribution in [0.15, 0.2) is 42.6 Å². The fraction of sp³-hybridized carbons (Fsp3) is 0.0833. The molecule has 20 heavy (non-hydrogen) atoms. The van der Waals surface area contributed by atoms with Gasteiger partial charge in [-0.05, 0) is 30.3 Å². The minimum atomic E-state index is -4.38.